The molecule has 34 heavy (non-hydrogen) atoms. The minimum absolute atomic E-state index is 0.0504. The lowest BCUT2D eigenvalue weighted by atomic mass is 10.1. The number of fused-ring (bicyclic) bond motifs is 1. The number of amides is 1. The van der Waals surface area contributed by atoms with Crippen molar-refractivity contribution in [2.75, 3.05) is 19.3 Å². The largest absolute Gasteiger partial charge is 0.489 e. The molecule has 0 spiro atoms. The monoisotopic (exact) mass is 489 g/mol. The van der Waals surface area contributed by atoms with Crippen LogP contribution in [0.1, 0.15) is 33.6 Å². The highest BCUT2D eigenvalue weighted by atomic mass is 32.2. The number of halogens is 1. The van der Waals surface area contributed by atoms with Crippen LogP contribution in [0.15, 0.2) is 47.6 Å². The molecule has 10 heteroatoms. The van der Waals surface area contributed by atoms with Gasteiger partial charge in [0.05, 0.1) is 16.6 Å². The third kappa shape index (κ3) is 5.32. The van der Waals surface area contributed by atoms with Gasteiger partial charge in [-0.1, -0.05) is 0 Å². The van der Waals surface area contributed by atoms with Gasteiger partial charge in [0.2, 0.25) is 0 Å². The summed E-state index contributed by atoms with van der Waals surface area (Å²) in [6.07, 6.45) is 5.26. The number of nitrogens with zero attached hydrogens (tertiary/aromatic N) is 3. The molecule has 0 radical (unpaired) electrons. The van der Waals surface area contributed by atoms with Crippen molar-refractivity contribution in [1.82, 2.24) is 14.5 Å². The van der Waals surface area contributed by atoms with Crippen LogP contribution < -0.4 is 4.74 Å². The molecule has 0 aliphatic carbocycles. The molecule has 182 valence electrons. The quantitative estimate of drug-likeness (QED) is 0.541. The number of carbonyl (C=O) groups is 1. The summed E-state index contributed by atoms with van der Waals surface area (Å²) >= 11 is 0. The molecular formula is C24H28FN3O5S. The van der Waals surface area contributed by atoms with Crippen LogP contribution in [0.3, 0.4) is 0 Å². The number of aromatic nitrogens is 2. The van der Waals surface area contributed by atoms with Crippen molar-refractivity contribution in [1.29, 1.82) is 0 Å². The van der Waals surface area contributed by atoms with Gasteiger partial charge in [0.15, 0.2) is 9.84 Å². The molecule has 1 fully saturated rings. The third-order valence-electron chi connectivity index (χ3n) is 5.50. The minimum Gasteiger partial charge on any atom is -0.489 e. The summed E-state index contributed by atoms with van der Waals surface area (Å²) in [5.41, 5.74) is -0.273. The summed E-state index contributed by atoms with van der Waals surface area (Å²) in [5.74, 6) is 0.422. The number of hydrogen-bond acceptors (Lipinski definition) is 6. The van der Waals surface area contributed by atoms with Crippen LogP contribution in [-0.4, -0.2) is 60.0 Å². The van der Waals surface area contributed by atoms with E-state index in [0.717, 1.165) is 12.3 Å². The van der Waals surface area contributed by atoms with E-state index < -0.39 is 21.3 Å². The van der Waals surface area contributed by atoms with Gasteiger partial charge in [-0.2, -0.15) is 0 Å². The van der Waals surface area contributed by atoms with Crippen LogP contribution in [0.25, 0.3) is 16.7 Å². The predicted octanol–water partition coefficient (Wildman–Crippen LogP) is 4.35. The van der Waals surface area contributed by atoms with Gasteiger partial charge in [0.25, 0.3) is 0 Å². The van der Waals surface area contributed by atoms with E-state index >= 15 is 0 Å². The Bertz CT molecular complexity index is 1300. The second-order valence-electron chi connectivity index (χ2n) is 9.44. The Morgan fingerprint density at radius 3 is 2.44 bits per heavy atom. The number of rotatable bonds is 4. The number of benzene rings is 1. The zero-order valence-electron chi connectivity index (χ0n) is 19.6. The fraction of sp³-hybridized carbons (Fsp3) is 0.417. The molecule has 8 nitrogen and oxygen atoms in total. The number of sulfone groups is 1. The van der Waals surface area contributed by atoms with E-state index in [1.807, 2.05) is 20.8 Å². The zero-order valence-corrected chi connectivity index (χ0v) is 20.4. The lowest BCUT2D eigenvalue weighted by molar-refractivity contribution is 0.0126. The smallest absolute Gasteiger partial charge is 0.410 e. The molecule has 0 N–H and O–H groups in total. The Kier molecular flexibility index (Phi) is 6.28. The third-order valence-corrected chi connectivity index (χ3v) is 6.59. The highest BCUT2D eigenvalue weighted by molar-refractivity contribution is 7.90. The van der Waals surface area contributed by atoms with E-state index in [4.69, 9.17) is 9.47 Å². The zero-order chi connectivity index (χ0) is 24.7. The lowest BCUT2D eigenvalue weighted by Gasteiger charge is -2.33. The van der Waals surface area contributed by atoms with Crippen molar-refractivity contribution in [2.45, 2.75) is 50.2 Å². The molecule has 1 aromatic carbocycles. The minimum atomic E-state index is -3.52. The molecule has 1 amide bonds. The SMILES string of the molecule is CC(C)(C)OC(=O)N1CCC(Oc2ccc(-n3ccc4cc(S(C)(=O)=O)cc(F)c43)nc2)CC1. The standard InChI is InChI=1S/C24H28FN3O5S/c1-24(2,3)33-23(29)27-10-8-17(9-11-27)32-18-5-6-21(26-15-18)28-12-7-16-13-19(34(4,30)31)14-20(25)22(16)28/h5-7,12-15,17H,8-11H2,1-4H3. The van der Waals surface area contributed by atoms with Crippen molar-refractivity contribution >= 4 is 26.8 Å². The fourth-order valence-electron chi connectivity index (χ4n) is 3.87. The number of carbonyl (C=O) groups excluding carboxylic acids is 1. The normalized spacial score (nSPS) is 15.5. The second kappa shape index (κ2) is 8.90. The molecule has 4 rings (SSSR count). The van der Waals surface area contributed by atoms with Gasteiger partial charge in [0, 0.05) is 43.8 Å². The Morgan fingerprint density at radius 1 is 1.15 bits per heavy atom. The molecule has 0 saturated carbocycles. The van der Waals surface area contributed by atoms with Gasteiger partial charge in [-0.3, -0.25) is 4.57 Å². The molecule has 1 aliphatic heterocycles. The van der Waals surface area contributed by atoms with Gasteiger partial charge >= 0.3 is 6.09 Å². The predicted molar refractivity (Wildman–Crippen MR) is 126 cm³/mol. The van der Waals surface area contributed by atoms with Gasteiger partial charge in [-0.15, -0.1) is 0 Å². The van der Waals surface area contributed by atoms with Crippen LogP contribution in [-0.2, 0) is 14.6 Å². The first-order valence-corrected chi connectivity index (χ1v) is 12.9. The lowest BCUT2D eigenvalue weighted by Crippen LogP contribution is -2.44. The Morgan fingerprint density at radius 2 is 1.85 bits per heavy atom. The van der Waals surface area contributed by atoms with Gasteiger partial charge < -0.3 is 14.4 Å². The van der Waals surface area contributed by atoms with E-state index in [-0.39, 0.29) is 22.6 Å². The first kappa shape index (κ1) is 24.0. The second-order valence-corrected chi connectivity index (χ2v) is 11.5. The Hall–Kier alpha value is -3.14. The highest BCUT2D eigenvalue weighted by Crippen LogP contribution is 2.27. The van der Waals surface area contributed by atoms with Gasteiger partial charge in [0.1, 0.15) is 29.1 Å². The molecule has 1 aliphatic rings. The van der Waals surface area contributed by atoms with E-state index in [9.17, 15) is 17.6 Å². The maximum Gasteiger partial charge on any atom is 0.410 e. The van der Waals surface area contributed by atoms with E-state index in [2.05, 4.69) is 4.98 Å². The van der Waals surface area contributed by atoms with Crippen molar-refractivity contribution in [3.05, 3.63) is 48.5 Å². The fourth-order valence-corrected chi connectivity index (χ4v) is 4.53. The summed E-state index contributed by atoms with van der Waals surface area (Å²) in [6.45, 7) is 6.63. The van der Waals surface area contributed by atoms with Crippen molar-refractivity contribution in [3.8, 4) is 11.6 Å². The summed E-state index contributed by atoms with van der Waals surface area (Å²) in [4.78, 5) is 18.2. The van der Waals surface area contributed by atoms with E-state index in [1.165, 1.54) is 6.07 Å². The van der Waals surface area contributed by atoms with Crippen LogP contribution in [0.5, 0.6) is 5.75 Å². The average molecular weight is 490 g/mol. The summed E-state index contributed by atoms with van der Waals surface area (Å²) in [7, 11) is -3.52. The topological polar surface area (TPSA) is 90.7 Å². The number of pyridine rings is 1. The molecule has 3 aromatic rings. The van der Waals surface area contributed by atoms with Crippen LogP contribution in [0.2, 0.25) is 0 Å². The molecular weight excluding hydrogens is 461 g/mol. The number of piperidine rings is 1. The molecule has 0 atom stereocenters. The Balaban J connectivity index is 1.43. The summed E-state index contributed by atoms with van der Waals surface area (Å²) in [6, 6.07) is 7.60. The molecule has 3 heterocycles. The van der Waals surface area contributed by atoms with Crippen molar-refractivity contribution in [3.63, 3.8) is 0 Å². The maximum absolute atomic E-state index is 14.7. The van der Waals surface area contributed by atoms with Crippen molar-refractivity contribution in [2.24, 2.45) is 0 Å². The Labute approximate surface area is 198 Å². The summed E-state index contributed by atoms with van der Waals surface area (Å²) < 4.78 is 51.3. The maximum atomic E-state index is 14.7. The first-order chi connectivity index (χ1) is 15.9. The highest BCUT2D eigenvalue weighted by Gasteiger charge is 2.27. The first-order valence-electron chi connectivity index (χ1n) is 11.0. The van der Waals surface area contributed by atoms with Crippen molar-refractivity contribution < 1.29 is 27.1 Å². The molecule has 0 bridgehead atoms. The molecule has 0 unspecified atom stereocenters. The van der Waals surface area contributed by atoms with Gasteiger partial charge in [-0.25, -0.2) is 22.6 Å². The molecule has 1 saturated heterocycles. The molecule has 2 aromatic heterocycles. The van der Waals surface area contributed by atoms with Crippen LogP contribution in [0.4, 0.5) is 9.18 Å². The average Bonchev–Trinajstić information content (AvgIpc) is 3.18. The van der Waals surface area contributed by atoms with Crippen LogP contribution in [0, 0.1) is 5.82 Å². The van der Waals surface area contributed by atoms with E-state index in [1.54, 1.807) is 40.1 Å². The number of ether oxygens (including phenoxy) is 2. The van der Waals surface area contributed by atoms with Crippen LogP contribution >= 0.6 is 0 Å². The van der Waals surface area contributed by atoms with Gasteiger partial charge in [-0.05, 0) is 51.1 Å². The van der Waals surface area contributed by atoms with E-state index in [0.29, 0.717) is 42.9 Å². The summed E-state index contributed by atoms with van der Waals surface area (Å²) in [5, 5.41) is 0.472. The number of likely N-dealkylation sites (tertiary alicyclic amines) is 1. The number of hydrogen-bond donors (Lipinski definition) is 0.